The number of rotatable bonds is 3. The van der Waals surface area contributed by atoms with Gasteiger partial charge in [-0.3, -0.25) is 4.79 Å². The summed E-state index contributed by atoms with van der Waals surface area (Å²) in [6.45, 7) is 0. The Morgan fingerprint density at radius 1 is 1.26 bits per heavy atom. The number of benzene rings is 2. The van der Waals surface area contributed by atoms with E-state index in [4.69, 9.17) is 22.1 Å². The lowest BCUT2D eigenvalue weighted by molar-refractivity contribution is 0.102. The fourth-order valence-electron chi connectivity index (χ4n) is 1.66. The molecule has 1 amide bonds. The Hall–Kier alpha value is -2.20. The third-order valence-corrected chi connectivity index (χ3v) is 2.85. The number of carbonyl (C=O) groups is 1. The summed E-state index contributed by atoms with van der Waals surface area (Å²) in [5.41, 5.74) is 7.14. The van der Waals surface area contributed by atoms with Crippen molar-refractivity contribution in [2.24, 2.45) is 0 Å². The maximum absolute atomic E-state index is 12.2. The zero-order chi connectivity index (χ0) is 13.8. The third-order valence-electron chi connectivity index (χ3n) is 2.62. The van der Waals surface area contributed by atoms with Crippen LogP contribution in [0.1, 0.15) is 10.4 Å². The van der Waals surface area contributed by atoms with Crippen LogP contribution in [0.2, 0.25) is 5.02 Å². The fourth-order valence-corrected chi connectivity index (χ4v) is 1.83. The Bertz CT molecular complexity index is 614. The molecule has 0 aliphatic carbocycles. The van der Waals surface area contributed by atoms with Crippen LogP contribution in [-0.4, -0.2) is 13.0 Å². The minimum Gasteiger partial charge on any atom is -0.496 e. The monoisotopic (exact) mass is 276 g/mol. The minimum atomic E-state index is -0.300. The zero-order valence-corrected chi connectivity index (χ0v) is 11.1. The molecule has 0 saturated carbocycles. The van der Waals surface area contributed by atoms with Crippen molar-refractivity contribution in [3.8, 4) is 5.75 Å². The van der Waals surface area contributed by atoms with Gasteiger partial charge in [0.1, 0.15) is 5.75 Å². The van der Waals surface area contributed by atoms with Gasteiger partial charge in [-0.05, 0) is 30.3 Å². The number of nitrogen functional groups attached to an aromatic ring is 1. The Kier molecular flexibility index (Phi) is 3.92. The van der Waals surface area contributed by atoms with Crippen molar-refractivity contribution in [1.82, 2.24) is 0 Å². The summed E-state index contributed by atoms with van der Waals surface area (Å²) in [6.07, 6.45) is 0. The van der Waals surface area contributed by atoms with E-state index in [-0.39, 0.29) is 5.91 Å². The van der Waals surface area contributed by atoms with E-state index >= 15 is 0 Å². The van der Waals surface area contributed by atoms with E-state index in [9.17, 15) is 4.79 Å². The molecule has 2 aromatic rings. The number of hydrogen-bond acceptors (Lipinski definition) is 3. The third kappa shape index (κ3) is 2.98. The number of anilines is 2. The molecule has 0 bridgehead atoms. The average molecular weight is 277 g/mol. The average Bonchev–Trinajstić information content (AvgIpc) is 2.42. The molecule has 0 radical (unpaired) electrons. The van der Waals surface area contributed by atoms with E-state index in [1.54, 1.807) is 42.5 Å². The standard InChI is InChI=1S/C14H13ClN2O2/c1-19-13-5-3-2-4-10(13)14(18)17-12-8-9(15)6-7-11(12)16/h2-8H,16H2,1H3,(H,17,18). The quantitative estimate of drug-likeness (QED) is 0.846. The SMILES string of the molecule is COc1ccccc1C(=O)Nc1cc(Cl)ccc1N. The zero-order valence-electron chi connectivity index (χ0n) is 10.3. The van der Waals surface area contributed by atoms with E-state index in [2.05, 4.69) is 5.32 Å². The largest absolute Gasteiger partial charge is 0.496 e. The van der Waals surface area contributed by atoms with Crippen LogP contribution >= 0.6 is 11.6 Å². The van der Waals surface area contributed by atoms with Gasteiger partial charge in [0.25, 0.3) is 5.91 Å². The highest BCUT2D eigenvalue weighted by Gasteiger charge is 2.12. The summed E-state index contributed by atoms with van der Waals surface area (Å²) >= 11 is 5.87. The smallest absolute Gasteiger partial charge is 0.259 e. The molecule has 0 fully saturated rings. The molecule has 2 aromatic carbocycles. The van der Waals surface area contributed by atoms with Crippen LogP contribution in [0.5, 0.6) is 5.75 Å². The van der Waals surface area contributed by atoms with Gasteiger partial charge in [-0.1, -0.05) is 23.7 Å². The van der Waals surface area contributed by atoms with Crippen LogP contribution in [0, 0.1) is 0 Å². The molecule has 0 aromatic heterocycles. The van der Waals surface area contributed by atoms with Crippen LogP contribution in [0.25, 0.3) is 0 Å². The molecule has 0 spiro atoms. The second kappa shape index (κ2) is 5.63. The van der Waals surface area contributed by atoms with E-state index in [0.29, 0.717) is 27.7 Å². The van der Waals surface area contributed by atoms with Crippen LogP contribution in [0.15, 0.2) is 42.5 Å². The van der Waals surface area contributed by atoms with Gasteiger partial charge in [0.15, 0.2) is 0 Å². The van der Waals surface area contributed by atoms with Gasteiger partial charge >= 0.3 is 0 Å². The minimum absolute atomic E-state index is 0.300. The molecular formula is C14H13ClN2O2. The Labute approximate surface area is 116 Å². The van der Waals surface area contributed by atoms with E-state index in [0.717, 1.165) is 0 Å². The molecule has 4 nitrogen and oxygen atoms in total. The Morgan fingerprint density at radius 3 is 2.74 bits per heavy atom. The van der Waals surface area contributed by atoms with Crippen molar-refractivity contribution < 1.29 is 9.53 Å². The maximum atomic E-state index is 12.2. The predicted molar refractivity (Wildman–Crippen MR) is 76.8 cm³/mol. The molecule has 19 heavy (non-hydrogen) atoms. The molecule has 0 saturated heterocycles. The first-order chi connectivity index (χ1) is 9.11. The summed E-state index contributed by atoms with van der Waals surface area (Å²) in [5, 5.41) is 3.22. The van der Waals surface area contributed by atoms with Crippen molar-refractivity contribution >= 4 is 28.9 Å². The number of nitrogens with one attached hydrogen (secondary N) is 1. The number of amides is 1. The number of para-hydroxylation sites is 1. The number of nitrogens with two attached hydrogens (primary N) is 1. The lowest BCUT2D eigenvalue weighted by atomic mass is 10.1. The molecule has 3 N–H and O–H groups in total. The normalized spacial score (nSPS) is 10.0. The highest BCUT2D eigenvalue weighted by Crippen LogP contribution is 2.25. The molecule has 5 heteroatoms. The number of methoxy groups -OCH3 is 1. The number of halogens is 1. The molecule has 0 aliphatic heterocycles. The van der Waals surface area contributed by atoms with Gasteiger partial charge in [0.2, 0.25) is 0 Å². The van der Waals surface area contributed by atoms with Crippen LogP contribution in [-0.2, 0) is 0 Å². The van der Waals surface area contributed by atoms with E-state index in [1.807, 2.05) is 0 Å². The molecule has 0 heterocycles. The molecular weight excluding hydrogens is 264 g/mol. The summed E-state index contributed by atoms with van der Waals surface area (Å²) in [7, 11) is 1.51. The van der Waals surface area contributed by atoms with Crippen molar-refractivity contribution in [2.45, 2.75) is 0 Å². The Balaban J connectivity index is 2.28. The van der Waals surface area contributed by atoms with Crippen LogP contribution in [0.3, 0.4) is 0 Å². The van der Waals surface area contributed by atoms with Crippen molar-refractivity contribution in [3.05, 3.63) is 53.1 Å². The van der Waals surface area contributed by atoms with Crippen LogP contribution in [0.4, 0.5) is 11.4 Å². The summed E-state index contributed by atoms with van der Waals surface area (Å²) in [4.78, 5) is 12.2. The van der Waals surface area contributed by atoms with Gasteiger partial charge in [-0.15, -0.1) is 0 Å². The number of hydrogen-bond donors (Lipinski definition) is 2. The van der Waals surface area contributed by atoms with Gasteiger partial charge < -0.3 is 15.8 Å². The fraction of sp³-hybridized carbons (Fsp3) is 0.0714. The van der Waals surface area contributed by atoms with Gasteiger partial charge in [-0.25, -0.2) is 0 Å². The second-order valence-electron chi connectivity index (χ2n) is 3.89. The Morgan fingerprint density at radius 2 is 2.00 bits per heavy atom. The topological polar surface area (TPSA) is 64.3 Å². The van der Waals surface area contributed by atoms with Crippen molar-refractivity contribution in [1.29, 1.82) is 0 Å². The van der Waals surface area contributed by atoms with Crippen molar-refractivity contribution in [2.75, 3.05) is 18.2 Å². The molecule has 0 unspecified atom stereocenters. The van der Waals surface area contributed by atoms with Crippen molar-refractivity contribution in [3.63, 3.8) is 0 Å². The van der Waals surface area contributed by atoms with Gasteiger partial charge in [-0.2, -0.15) is 0 Å². The highest BCUT2D eigenvalue weighted by atomic mass is 35.5. The first-order valence-electron chi connectivity index (χ1n) is 5.61. The maximum Gasteiger partial charge on any atom is 0.259 e. The van der Waals surface area contributed by atoms with Crippen LogP contribution < -0.4 is 15.8 Å². The highest BCUT2D eigenvalue weighted by molar-refractivity contribution is 6.31. The first-order valence-corrected chi connectivity index (χ1v) is 5.99. The lowest BCUT2D eigenvalue weighted by Crippen LogP contribution is -2.14. The molecule has 0 atom stereocenters. The number of carbonyl (C=O) groups excluding carboxylic acids is 1. The first kappa shape index (κ1) is 13.2. The molecule has 2 rings (SSSR count). The second-order valence-corrected chi connectivity index (χ2v) is 4.32. The summed E-state index contributed by atoms with van der Waals surface area (Å²) < 4.78 is 5.14. The molecule has 98 valence electrons. The lowest BCUT2D eigenvalue weighted by Gasteiger charge is -2.11. The number of ether oxygens (including phenoxy) is 1. The molecule has 0 aliphatic rings. The predicted octanol–water partition coefficient (Wildman–Crippen LogP) is 3.18. The van der Waals surface area contributed by atoms with Gasteiger partial charge in [0.05, 0.1) is 24.0 Å². The summed E-state index contributed by atoms with van der Waals surface area (Å²) in [6, 6.07) is 11.9. The van der Waals surface area contributed by atoms with E-state index in [1.165, 1.54) is 7.11 Å². The van der Waals surface area contributed by atoms with Gasteiger partial charge in [0, 0.05) is 5.02 Å². The summed E-state index contributed by atoms with van der Waals surface area (Å²) in [5.74, 6) is 0.201. The van der Waals surface area contributed by atoms with E-state index < -0.39 is 0 Å².